The molecule has 0 bridgehead atoms. The van der Waals surface area contributed by atoms with Gasteiger partial charge in [-0.2, -0.15) is 0 Å². The average molecular weight is 292 g/mol. The normalized spacial score (nSPS) is 10.1. The number of rotatable bonds is 3. The molecule has 1 aromatic heterocycles. The third-order valence-corrected chi connectivity index (χ3v) is 2.83. The van der Waals surface area contributed by atoms with Gasteiger partial charge in [-0.05, 0) is 46.3 Å². The lowest BCUT2D eigenvalue weighted by Crippen LogP contribution is -2.08. The number of anilines is 3. The third kappa shape index (κ3) is 3.20. The Bertz CT molecular complexity index is 494. The zero-order valence-corrected chi connectivity index (χ0v) is 11.4. The fourth-order valence-electron chi connectivity index (χ4n) is 1.46. The standard InChI is InChI=1S/C13H14BrN3/c1-17(2)12-5-3-4-11(8-12)16-13-7-6-10(14)9-15-13/h3-9H,1-2H3,(H,15,16). The molecule has 1 N–H and O–H groups in total. The van der Waals surface area contributed by atoms with E-state index in [4.69, 9.17) is 0 Å². The maximum Gasteiger partial charge on any atom is 0.130 e. The van der Waals surface area contributed by atoms with Crippen LogP contribution in [0, 0.1) is 0 Å². The fraction of sp³-hybridized carbons (Fsp3) is 0.154. The Labute approximate surface area is 110 Å². The lowest BCUT2D eigenvalue weighted by atomic mass is 10.2. The van der Waals surface area contributed by atoms with E-state index >= 15 is 0 Å². The smallest absolute Gasteiger partial charge is 0.130 e. The molecular weight excluding hydrogens is 278 g/mol. The summed E-state index contributed by atoms with van der Waals surface area (Å²) in [6.07, 6.45) is 1.78. The van der Waals surface area contributed by atoms with Crippen molar-refractivity contribution in [2.24, 2.45) is 0 Å². The number of hydrogen-bond donors (Lipinski definition) is 1. The van der Waals surface area contributed by atoms with Crippen molar-refractivity contribution in [2.45, 2.75) is 0 Å². The van der Waals surface area contributed by atoms with Crippen molar-refractivity contribution in [3.63, 3.8) is 0 Å². The summed E-state index contributed by atoms with van der Waals surface area (Å²) in [6.45, 7) is 0. The van der Waals surface area contributed by atoms with Gasteiger partial charge in [0.15, 0.2) is 0 Å². The molecule has 0 fully saturated rings. The van der Waals surface area contributed by atoms with Gasteiger partial charge in [-0.25, -0.2) is 4.98 Å². The molecule has 0 aliphatic rings. The number of pyridine rings is 1. The van der Waals surface area contributed by atoms with Crippen LogP contribution in [0.2, 0.25) is 0 Å². The summed E-state index contributed by atoms with van der Waals surface area (Å²) < 4.78 is 0.977. The Morgan fingerprint density at radius 1 is 1.18 bits per heavy atom. The number of aromatic nitrogens is 1. The maximum atomic E-state index is 4.28. The predicted molar refractivity (Wildman–Crippen MR) is 76.0 cm³/mol. The van der Waals surface area contributed by atoms with Gasteiger partial charge in [0.1, 0.15) is 5.82 Å². The SMILES string of the molecule is CN(C)c1cccc(Nc2ccc(Br)cn2)c1. The average Bonchev–Trinajstić information content (AvgIpc) is 2.32. The highest BCUT2D eigenvalue weighted by atomic mass is 79.9. The third-order valence-electron chi connectivity index (χ3n) is 2.36. The summed E-state index contributed by atoms with van der Waals surface area (Å²) in [6, 6.07) is 12.1. The minimum atomic E-state index is 0.837. The monoisotopic (exact) mass is 291 g/mol. The Hall–Kier alpha value is -1.55. The van der Waals surface area contributed by atoms with E-state index < -0.39 is 0 Å². The van der Waals surface area contributed by atoms with Crippen LogP contribution in [0.5, 0.6) is 0 Å². The van der Waals surface area contributed by atoms with Gasteiger partial charge >= 0.3 is 0 Å². The molecule has 88 valence electrons. The summed E-state index contributed by atoms with van der Waals surface area (Å²) in [5.74, 6) is 0.837. The first-order chi connectivity index (χ1) is 8.15. The molecule has 0 saturated heterocycles. The minimum absolute atomic E-state index is 0.837. The molecule has 17 heavy (non-hydrogen) atoms. The van der Waals surface area contributed by atoms with Crippen LogP contribution in [0.3, 0.4) is 0 Å². The van der Waals surface area contributed by atoms with Crippen LogP contribution in [0.1, 0.15) is 0 Å². The molecule has 4 heteroatoms. The molecule has 0 aliphatic carbocycles. The van der Waals surface area contributed by atoms with Crippen molar-refractivity contribution in [1.82, 2.24) is 4.98 Å². The molecule has 2 rings (SSSR count). The van der Waals surface area contributed by atoms with E-state index in [-0.39, 0.29) is 0 Å². The van der Waals surface area contributed by atoms with Gasteiger partial charge in [0.05, 0.1) is 0 Å². The van der Waals surface area contributed by atoms with Gasteiger partial charge in [0.2, 0.25) is 0 Å². The quantitative estimate of drug-likeness (QED) is 0.936. The van der Waals surface area contributed by atoms with Gasteiger partial charge in [0.25, 0.3) is 0 Å². The van der Waals surface area contributed by atoms with Gasteiger partial charge in [-0.1, -0.05) is 6.07 Å². The number of nitrogens with zero attached hydrogens (tertiary/aromatic N) is 2. The highest BCUT2D eigenvalue weighted by Gasteiger charge is 1.99. The van der Waals surface area contributed by atoms with Crippen molar-refractivity contribution >= 4 is 33.1 Å². The fourth-order valence-corrected chi connectivity index (χ4v) is 1.69. The Morgan fingerprint density at radius 2 is 2.00 bits per heavy atom. The van der Waals surface area contributed by atoms with E-state index in [9.17, 15) is 0 Å². The van der Waals surface area contributed by atoms with Gasteiger partial charge < -0.3 is 10.2 Å². The summed E-state index contributed by atoms with van der Waals surface area (Å²) in [5, 5.41) is 3.27. The first-order valence-electron chi connectivity index (χ1n) is 5.31. The second-order valence-electron chi connectivity index (χ2n) is 3.93. The maximum absolute atomic E-state index is 4.28. The van der Waals surface area contributed by atoms with Crippen molar-refractivity contribution < 1.29 is 0 Å². The summed E-state index contributed by atoms with van der Waals surface area (Å²) >= 11 is 3.36. The number of halogens is 1. The van der Waals surface area contributed by atoms with Crippen molar-refractivity contribution in [3.05, 3.63) is 47.1 Å². The second kappa shape index (κ2) is 5.19. The first kappa shape index (κ1) is 11.9. The van der Waals surface area contributed by atoms with Crippen LogP contribution >= 0.6 is 15.9 Å². The molecule has 0 saturated carbocycles. The zero-order chi connectivity index (χ0) is 12.3. The van der Waals surface area contributed by atoms with Crippen LogP contribution in [-0.4, -0.2) is 19.1 Å². The van der Waals surface area contributed by atoms with Crippen molar-refractivity contribution in [2.75, 3.05) is 24.3 Å². The highest BCUT2D eigenvalue weighted by Crippen LogP contribution is 2.21. The van der Waals surface area contributed by atoms with Crippen LogP contribution < -0.4 is 10.2 Å². The molecule has 0 unspecified atom stereocenters. The van der Waals surface area contributed by atoms with Crippen LogP contribution in [0.25, 0.3) is 0 Å². The molecule has 0 spiro atoms. The van der Waals surface area contributed by atoms with E-state index in [0.29, 0.717) is 0 Å². The summed E-state index contributed by atoms with van der Waals surface area (Å²) in [4.78, 5) is 6.35. The summed E-state index contributed by atoms with van der Waals surface area (Å²) in [5.41, 5.74) is 2.19. The molecule has 1 heterocycles. The van der Waals surface area contributed by atoms with Crippen LogP contribution in [-0.2, 0) is 0 Å². The van der Waals surface area contributed by atoms with Crippen LogP contribution in [0.4, 0.5) is 17.2 Å². The van der Waals surface area contributed by atoms with E-state index in [0.717, 1.165) is 21.7 Å². The van der Waals surface area contributed by atoms with Crippen molar-refractivity contribution in [3.8, 4) is 0 Å². The van der Waals surface area contributed by atoms with Gasteiger partial charge in [0, 0.05) is 36.1 Å². The number of nitrogens with one attached hydrogen (secondary N) is 1. The zero-order valence-electron chi connectivity index (χ0n) is 9.81. The lowest BCUT2D eigenvalue weighted by molar-refractivity contribution is 1.13. The lowest BCUT2D eigenvalue weighted by Gasteiger charge is -2.14. The summed E-state index contributed by atoms with van der Waals surface area (Å²) in [7, 11) is 4.05. The van der Waals surface area contributed by atoms with E-state index in [1.54, 1.807) is 6.20 Å². The Morgan fingerprint density at radius 3 is 2.65 bits per heavy atom. The van der Waals surface area contributed by atoms with E-state index in [1.807, 2.05) is 38.4 Å². The van der Waals surface area contributed by atoms with Crippen LogP contribution in [0.15, 0.2) is 47.1 Å². The molecule has 0 atom stereocenters. The predicted octanol–water partition coefficient (Wildman–Crippen LogP) is 3.65. The number of hydrogen-bond acceptors (Lipinski definition) is 3. The van der Waals surface area contributed by atoms with Gasteiger partial charge in [-0.3, -0.25) is 0 Å². The molecular formula is C13H14BrN3. The van der Waals surface area contributed by atoms with Crippen molar-refractivity contribution in [1.29, 1.82) is 0 Å². The topological polar surface area (TPSA) is 28.2 Å². The Kier molecular flexibility index (Phi) is 3.64. The molecule has 2 aromatic rings. The number of benzene rings is 1. The molecule has 1 aromatic carbocycles. The molecule has 0 aliphatic heterocycles. The Balaban J connectivity index is 2.18. The molecule has 0 amide bonds. The van der Waals surface area contributed by atoms with E-state index in [2.05, 4.69) is 43.3 Å². The second-order valence-corrected chi connectivity index (χ2v) is 4.85. The largest absolute Gasteiger partial charge is 0.378 e. The molecule has 0 radical (unpaired) electrons. The molecule has 3 nitrogen and oxygen atoms in total. The minimum Gasteiger partial charge on any atom is -0.378 e. The first-order valence-corrected chi connectivity index (χ1v) is 6.10. The van der Waals surface area contributed by atoms with Gasteiger partial charge in [-0.15, -0.1) is 0 Å². The van der Waals surface area contributed by atoms with E-state index in [1.165, 1.54) is 0 Å². The highest BCUT2D eigenvalue weighted by molar-refractivity contribution is 9.10.